The van der Waals surface area contributed by atoms with E-state index in [-0.39, 0.29) is 12.2 Å². The van der Waals surface area contributed by atoms with Crippen molar-refractivity contribution in [3.8, 4) is 0 Å². The molecule has 110 valence electrons. The van der Waals surface area contributed by atoms with Crippen LogP contribution in [0.3, 0.4) is 0 Å². The van der Waals surface area contributed by atoms with E-state index in [4.69, 9.17) is 0 Å². The van der Waals surface area contributed by atoms with Gasteiger partial charge in [-0.25, -0.2) is 0 Å². The SMILES string of the molecule is CC1CCC(O)(CNc2cccc(F)c2[N+](=O)[O-])CC1. The van der Waals surface area contributed by atoms with Gasteiger partial charge in [-0.15, -0.1) is 0 Å². The summed E-state index contributed by atoms with van der Waals surface area (Å²) in [5.41, 5.74) is -1.32. The van der Waals surface area contributed by atoms with Crippen LogP contribution in [-0.2, 0) is 0 Å². The van der Waals surface area contributed by atoms with Gasteiger partial charge in [0.05, 0.1) is 10.5 Å². The molecule has 0 unspecified atom stereocenters. The normalized spacial score (nSPS) is 26.2. The van der Waals surface area contributed by atoms with Gasteiger partial charge in [0.2, 0.25) is 5.82 Å². The highest BCUT2D eigenvalue weighted by Crippen LogP contribution is 2.33. The van der Waals surface area contributed by atoms with Crippen LogP contribution in [0, 0.1) is 21.8 Å². The molecule has 0 radical (unpaired) electrons. The Morgan fingerprint density at radius 1 is 1.50 bits per heavy atom. The van der Waals surface area contributed by atoms with Gasteiger partial charge in [0, 0.05) is 6.54 Å². The van der Waals surface area contributed by atoms with Crippen molar-refractivity contribution in [1.29, 1.82) is 0 Å². The Morgan fingerprint density at radius 3 is 2.75 bits per heavy atom. The molecular formula is C14H19FN2O3. The molecule has 0 amide bonds. The number of nitro benzene ring substituents is 1. The number of para-hydroxylation sites is 1. The van der Waals surface area contributed by atoms with Crippen LogP contribution < -0.4 is 5.32 Å². The minimum Gasteiger partial charge on any atom is -0.388 e. The fraction of sp³-hybridized carbons (Fsp3) is 0.571. The Balaban J connectivity index is 2.08. The summed E-state index contributed by atoms with van der Waals surface area (Å²) in [7, 11) is 0. The molecule has 1 aromatic rings. The molecule has 0 bridgehead atoms. The number of halogens is 1. The van der Waals surface area contributed by atoms with E-state index in [1.807, 2.05) is 0 Å². The van der Waals surface area contributed by atoms with E-state index in [1.165, 1.54) is 12.1 Å². The Labute approximate surface area is 117 Å². The lowest BCUT2D eigenvalue weighted by Gasteiger charge is -2.35. The van der Waals surface area contributed by atoms with Crippen molar-refractivity contribution < 1.29 is 14.4 Å². The summed E-state index contributed by atoms with van der Waals surface area (Å²) in [6, 6.07) is 3.92. The molecule has 0 spiro atoms. The molecule has 5 nitrogen and oxygen atoms in total. The standard InChI is InChI=1S/C14H19FN2O3/c1-10-5-7-14(18,8-6-10)9-16-12-4-2-3-11(15)13(12)17(19)20/h2-4,10,16,18H,5-9H2,1H3. The zero-order valence-electron chi connectivity index (χ0n) is 11.4. The zero-order valence-corrected chi connectivity index (χ0v) is 11.4. The van der Waals surface area contributed by atoms with Gasteiger partial charge in [0.25, 0.3) is 0 Å². The van der Waals surface area contributed by atoms with Crippen LogP contribution in [0.4, 0.5) is 15.8 Å². The Kier molecular flexibility index (Phi) is 4.23. The van der Waals surface area contributed by atoms with Crippen molar-refractivity contribution in [1.82, 2.24) is 0 Å². The van der Waals surface area contributed by atoms with E-state index in [0.29, 0.717) is 18.8 Å². The largest absolute Gasteiger partial charge is 0.388 e. The number of nitrogens with zero attached hydrogens (tertiary/aromatic N) is 1. The first-order valence-electron chi connectivity index (χ1n) is 6.80. The summed E-state index contributed by atoms with van der Waals surface area (Å²) in [5, 5.41) is 24.1. The average molecular weight is 282 g/mol. The van der Waals surface area contributed by atoms with Crippen molar-refractivity contribution >= 4 is 11.4 Å². The Bertz CT molecular complexity index is 499. The minimum atomic E-state index is -0.871. The molecular weight excluding hydrogens is 263 g/mol. The molecule has 0 saturated heterocycles. The van der Waals surface area contributed by atoms with Crippen molar-refractivity contribution in [2.75, 3.05) is 11.9 Å². The zero-order chi connectivity index (χ0) is 14.8. The minimum absolute atomic E-state index is 0.113. The van der Waals surface area contributed by atoms with Gasteiger partial charge in [0.1, 0.15) is 5.69 Å². The third-order valence-electron chi connectivity index (χ3n) is 3.98. The highest BCUT2D eigenvalue weighted by Gasteiger charge is 2.32. The van der Waals surface area contributed by atoms with Crippen LogP contribution in [0.2, 0.25) is 0 Å². The van der Waals surface area contributed by atoms with Gasteiger partial charge < -0.3 is 10.4 Å². The third-order valence-corrected chi connectivity index (χ3v) is 3.98. The quantitative estimate of drug-likeness (QED) is 0.657. The van der Waals surface area contributed by atoms with Gasteiger partial charge in [-0.2, -0.15) is 4.39 Å². The number of hydrogen-bond donors (Lipinski definition) is 2. The fourth-order valence-electron chi connectivity index (χ4n) is 2.58. The molecule has 1 fully saturated rings. The maximum Gasteiger partial charge on any atom is 0.327 e. The van der Waals surface area contributed by atoms with E-state index in [9.17, 15) is 19.6 Å². The topological polar surface area (TPSA) is 75.4 Å². The molecule has 1 aliphatic rings. The second kappa shape index (κ2) is 5.75. The molecule has 0 aliphatic heterocycles. The molecule has 0 atom stereocenters. The predicted molar refractivity (Wildman–Crippen MR) is 74.1 cm³/mol. The smallest absolute Gasteiger partial charge is 0.327 e. The summed E-state index contributed by atoms with van der Waals surface area (Å²) in [4.78, 5) is 10.1. The lowest BCUT2D eigenvalue weighted by molar-refractivity contribution is -0.386. The third kappa shape index (κ3) is 3.25. The molecule has 1 aromatic carbocycles. The summed E-state index contributed by atoms with van der Waals surface area (Å²) in [6.07, 6.45) is 3.18. The first kappa shape index (κ1) is 14.7. The van der Waals surface area contributed by atoms with Crippen LogP contribution >= 0.6 is 0 Å². The number of hydrogen-bond acceptors (Lipinski definition) is 4. The van der Waals surface area contributed by atoms with Crippen LogP contribution in [-0.4, -0.2) is 22.2 Å². The van der Waals surface area contributed by atoms with E-state index in [2.05, 4.69) is 12.2 Å². The number of aliphatic hydroxyl groups is 1. The molecule has 1 aliphatic carbocycles. The van der Waals surface area contributed by atoms with E-state index in [1.54, 1.807) is 0 Å². The molecule has 0 aromatic heterocycles. The monoisotopic (exact) mass is 282 g/mol. The molecule has 2 N–H and O–H groups in total. The lowest BCUT2D eigenvalue weighted by Crippen LogP contribution is -2.40. The molecule has 6 heteroatoms. The highest BCUT2D eigenvalue weighted by atomic mass is 19.1. The van der Waals surface area contributed by atoms with Crippen LogP contribution in [0.25, 0.3) is 0 Å². The summed E-state index contributed by atoms with van der Waals surface area (Å²) >= 11 is 0. The number of nitro groups is 1. The molecule has 1 saturated carbocycles. The van der Waals surface area contributed by atoms with Gasteiger partial charge in [-0.05, 0) is 43.7 Å². The van der Waals surface area contributed by atoms with Crippen molar-refractivity contribution in [2.24, 2.45) is 5.92 Å². The summed E-state index contributed by atoms with van der Waals surface area (Å²) in [6.45, 7) is 2.34. The maximum atomic E-state index is 13.5. The first-order chi connectivity index (χ1) is 9.41. The highest BCUT2D eigenvalue weighted by molar-refractivity contribution is 5.62. The average Bonchev–Trinajstić information content (AvgIpc) is 2.40. The molecule has 20 heavy (non-hydrogen) atoms. The van der Waals surface area contributed by atoms with E-state index >= 15 is 0 Å². The van der Waals surface area contributed by atoms with Crippen LogP contribution in [0.1, 0.15) is 32.6 Å². The Hall–Kier alpha value is -1.69. The number of nitrogens with one attached hydrogen (secondary N) is 1. The van der Waals surface area contributed by atoms with Crippen molar-refractivity contribution in [3.05, 3.63) is 34.1 Å². The van der Waals surface area contributed by atoms with Gasteiger partial charge in [-0.1, -0.05) is 13.0 Å². The second-order valence-electron chi connectivity index (χ2n) is 5.65. The van der Waals surface area contributed by atoms with Crippen molar-refractivity contribution in [2.45, 2.75) is 38.2 Å². The summed E-state index contributed by atoms with van der Waals surface area (Å²) in [5.74, 6) is -0.275. The van der Waals surface area contributed by atoms with Crippen molar-refractivity contribution in [3.63, 3.8) is 0 Å². The number of anilines is 1. The number of benzene rings is 1. The fourth-order valence-corrected chi connectivity index (χ4v) is 2.58. The molecule has 2 rings (SSSR count). The lowest BCUT2D eigenvalue weighted by atomic mass is 9.79. The van der Waals surface area contributed by atoms with Crippen LogP contribution in [0.15, 0.2) is 18.2 Å². The van der Waals surface area contributed by atoms with E-state index in [0.717, 1.165) is 18.9 Å². The van der Waals surface area contributed by atoms with E-state index < -0.39 is 22.0 Å². The van der Waals surface area contributed by atoms with Crippen LogP contribution in [0.5, 0.6) is 0 Å². The summed E-state index contributed by atoms with van der Waals surface area (Å²) < 4.78 is 13.5. The number of rotatable bonds is 4. The molecule has 0 heterocycles. The second-order valence-corrected chi connectivity index (χ2v) is 5.65. The van der Waals surface area contributed by atoms with Gasteiger partial charge in [-0.3, -0.25) is 10.1 Å². The predicted octanol–water partition coefficient (Wildman–Crippen LogP) is 3.09. The van der Waals surface area contributed by atoms with Gasteiger partial charge >= 0.3 is 5.69 Å². The maximum absolute atomic E-state index is 13.5. The Morgan fingerprint density at radius 2 is 2.15 bits per heavy atom. The first-order valence-corrected chi connectivity index (χ1v) is 6.80. The van der Waals surface area contributed by atoms with Gasteiger partial charge in [0.15, 0.2) is 0 Å².